The number of nitrogens with zero attached hydrogens (tertiary/aromatic N) is 1. The Labute approximate surface area is 302 Å². The van der Waals surface area contributed by atoms with Crippen LogP contribution in [0.2, 0.25) is 0 Å². The Balaban J connectivity index is 4.22. The van der Waals surface area contributed by atoms with Crippen LogP contribution in [0.4, 0.5) is 0 Å². The maximum atomic E-state index is 12.5. The van der Waals surface area contributed by atoms with Crippen molar-refractivity contribution < 1.29 is 32.5 Å². The summed E-state index contributed by atoms with van der Waals surface area (Å²) in [4.78, 5) is 22.5. The summed E-state index contributed by atoms with van der Waals surface area (Å²) < 4.78 is 29.5. The molecule has 0 aromatic heterocycles. The highest BCUT2D eigenvalue weighted by Crippen LogP contribution is 2.43. The zero-order valence-electron chi connectivity index (χ0n) is 32.3. The summed E-state index contributed by atoms with van der Waals surface area (Å²) >= 11 is 1.77. The molecule has 2 atom stereocenters. The number of amides is 1. The minimum atomic E-state index is -4.18. The molecule has 0 saturated carbocycles. The number of phosphoric acid groups is 1. The van der Waals surface area contributed by atoms with Crippen LogP contribution >= 0.6 is 19.6 Å². The van der Waals surface area contributed by atoms with Crippen LogP contribution in [0.1, 0.15) is 174 Å². The molecule has 288 valence electrons. The average Bonchev–Trinajstić information content (AvgIpc) is 3.03. The first-order valence-electron chi connectivity index (χ1n) is 20.0. The maximum absolute atomic E-state index is 12.5. The van der Waals surface area contributed by atoms with Crippen molar-refractivity contribution in [3.05, 3.63) is 0 Å². The van der Waals surface area contributed by atoms with Gasteiger partial charge in [-0.25, -0.2) is 4.57 Å². The lowest BCUT2D eigenvalue weighted by atomic mass is 10.0. The van der Waals surface area contributed by atoms with Crippen molar-refractivity contribution in [2.45, 2.75) is 180 Å². The summed E-state index contributed by atoms with van der Waals surface area (Å²) in [6, 6.07) is 0. The van der Waals surface area contributed by atoms with Crippen LogP contribution in [0.3, 0.4) is 0 Å². The monoisotopic (exact) mass is 724 g/mol. The highest BCUT2D eigenvalue weighted by molar-refractivity contribution is 7.99. The second kappa shape index (κ2) is 34.0. The molecule has 2 N–H and O–H groups in total. The van der Waals surface area contributed by atoms with Gasteiger partial charge in [0.25, 0.3) is 0 Å². The Morgan fingerprint density at radius 1 is 0.688 bits per heavy atom. The van der Waals surface area contributed by atoms with E-state index < -0.39 is 13.9 Å². The number of rotatable bonds is 38. The first-order chi connectivity index (χ1) is 23.1. The Kier molecular flexibility index (Phi) is 33.9. The summed E-state index contributed by atoms with van der Waals surface area (Å²) in [6.07, 6.45) is 31.3. The number of unbranched alkanes of at least 4 members (excludes halogenated alkanes) is 22. The van der Waals surface area contributed by atoms with Gasteiger partial charge in [-0.3, -0.25) is 13.8 Å². The lowest BCUT2D eigenvalue weighted by Gasteiger charge is -2.24. The van der Waals surface area contributed by atoms with Gasteiger partial charge in [0.15, 0.2) is 0 Å². The van der Waals surface area contributed by atoms with E-state index in [1.165, 1.54) is 135 Å². The molecule has 0 aromatic rings. The summed E-state index contributed by atoms with van der Waals surface area (Å²) in [5.74, 6) is 1.63. The predicted molar refractivity (Wildman–Crippen MR) is 207 cm³/mol. The van der Waals surface area contributed by atoms with Gasteiger partial charge in [0.05, 0.1) is 33.9 Å². The van der Waals surface area contributed by atoms with Crippen LogP contribution in [-0.4, -0.2) is 80.5 Å². The van der Waals surface area contributed by atoms with Gasteiger partial charge in [-0.1, -0.05) is 155 Å². The van der Waals surface area contributed by atoms with Crippen LogP contribution in [0.15, 0.2) is 0 Å². The molecule has 0 saturated heterocycles. The molecule has 8 nitrogen and oxygen atoms in total. The maximum Gasteiger partial charge on any atom is 0.472 e. The van der Waals surface area contributed by atoms with E-state index in [0.29, 0.717) is 23.2 Å². The van der Waals surface area contributed by atoms with Crippen molar-refractivity contribution in [1.82, 2.24) is 5.32 Å². The van der Waals surface area contributed by atoms with Crippen LogP contribution in [0.25, 0.3) is 0 Å². The van der Waals surface area contributed by atoms with Crippen molar-refractivity contribution in [1.29, 1.82) is 0 Å². The van der Waals surface area contributed by atoms with Crippen LogP contribution in [-0.2, 0) is 23.1 Å². The molecule has 0 aliphatic carbocycles. The molecular formula is C38H80N2O6PS+. The minimum absolute atomic E-state index is 0.0132. The van der Waals surface area contributed by atoms with Crippen LogP contribution < -0.4 is 5.32 Å². The molecule has 10 heteroatoms. The van der Waals surface area contributed by atoms with Crippen molar-refractivity contribution in [3.63, 3.8) is 0 Å². The zero-order chi connectivity index (χ0) is 35.6. The molecule has 2 unspecified atom stereocenters. The molecule has 48 heavy (non-hydrogen) atoms. The number of quaternary nitrogens is 1. The molecule has 0 spiro atoms. The fourth-order valence-corrected chi connectivity index (χ4v) is 7.28. The summed E-state index contributed by atoms with van der Waals surface area (Å²) in [6.45, 7) is 5.26. The average molecular weight is 724 g/mol. The molecule has 0 aromatic carbocycles. The van der Waals surface area contributed by atoms with Crippen LogP contribution in [0, 0.1) is 0 Å². The van der Waals surface area contributed by atoms with Crippen LogP contribution in [0.5, 0.6) is 0 Å². The zero-order valence-corrected chi connectivity index (χ0v) is 34.0. The van der Waals surface area contributed by atoms with Gasteiger partial charge in [-0.05, 0) is 18.6 Å². The number of ether oxygens (including phenoxy) is 1. The summed E-state index contributed by atoms with van der Waals surface area (Å²) in [5, 5.41) is 2.86. The number of carbonyl (C=O) groups is 1. The van der Waals surface area contributed by atoms with Gasteiger partial charge in [0.2, 0.25) is 5.91 Å². The molecule has 1 amide bonds. The van der Waals surface area contributed by atoms with E-state index in [-0.39, 0.29) is 25.9 Å². The highest BCUT2D eigenvalue weighted by atomic mass is 32.2. The van der Waals surface area contributed by atoms with Crippen molar-refractivity contribution in [3.8, 4) is 0 Å². The molecule has 0 heterocycles. The number of phosphoric ester groups is 1. The quantitative estimate of drug-likeness (QED) is 0.0283. The third-order valence-electron chi connectivity index (χ3n) is 8.73. The Hall–Kier alpha value is -0.150. The van der Waals surface area contributed by atoms with Crippen molar-refractivity contribution >= 4 is 25.5 Å². The second-order valence-electron chi connectivity index (χ2n) is 14.7. The number of hydrogen-bond donors (Lipinski definition) is 2. The molecular weight excluding hydrogens is 643 g/mol. The number of carbonyl (C=O) groups excluding carboxylic acids is 1. The largest absolute Gasteiger partial charge is 0.472 e. The molecule has 0 fully saturated rings. The van der Waals surface area contributed by atoms with E-state index in [2.05, 4.69) is 19.2 Å². The number of nitrogens with one attached hydrogen (secondary N) is 1. The molecule has 0 rings (SSSR count). The lowest BCUT2D eigenvalue weighted by molar-refractivity contribution is -0.870. The number of likely N-dealkylation sites (N-methyl/N-ethyl adjacent to an activating group) is 1. The van der Waals surface area contributed by atoms with Gasteiger partial charge in [0, 0.05) is 12.2 Å². The highest BCUT2D eigenvalue weighted by Gasteiger charge is 2.25. The molecule has 0 aliphatic rings. The molecule has 0 radical (unpaired) electrons. The number of thioether (sulfide) groups is 1. The predicted octanol–water partition coefficient (Wildman–Crippen LogP) is 10.8. The minimum Gasteiger partial charge on any atom is -0.355 e. The smallest absolute Gasteiger partial charge is 0.355 e. The third-order valence-corrected chi connectivity index (χ3v) is 10.9. The fraction of sp³-hybridized carbons (Fsp3) is 0.974. The van der Waals surface area contributed by atoms with Gasteiger partial charge in [0.1, 0.15) is 19.9 Å². The number of hydrogen-bond acceptors (Lipinski definition) is 6. The van der Waals surface area contributed by atoms with E-state index in [0.717, 1.165) is 25.0 Å². The lowest BCUT2D eigenvalue weighted by Crippen LogP contribution is -2.37. The standard InChI is InChI=1S/C38H79N2O6PS/c1-6-8-10-12-14-16-18-19-20-21-23-25-27-29-33-48-35-37(34-46-47(42,43)45-32-31-40(3,4)5)44-36-39-38(41)30-28-26-24-22-17-15-13-11-9-7-2/h37H,6-36H2,1-5H3,(H-,39,41,42,43)/p+1. The van der Waals surface area contributed by atoms with E-state index in [4.69, 9.17) is 13.8 Å². The van der Waals surface area contributed by atoms with E-state index in [1.807, 2.05) is 21.1 Å². The Morgan fingerprint density at radius 2 is 1.12 bits per heavy atom. The summed E-state index contributed by atoms with van der Waals surface area (Å²) in [5.41, 5.74) is 0. The molecule has 0 aliphatic heterocycles. The topological polar surface area (TPSA) is 94.1 Å². The SMILES string of the molecule is CCCCCCCCCCCCCCCCSCC(COP(=O)(O)OCC[N+](C)(C)C)OCNC(=O)CCCCCCCCCCCC. The van der Waals surface area contributed by atoms with Crippen molar-refractivity contribution in [2.24, 2.45) is 0 Å². The Bertz CT molecular complexity index is 755. The normalized spacial score (nSPS) is 13.9. The van der Waals surface area contributed by atoms with E-state index in [1.54, 1.807) is 11.8 Å². The third kappa shape index (κ3) is 37.1. The van der Waals surface area contributed by atoms with Gasteiger partial charge in [-0.2, -0.15) is 11.8 Å². The van der Waals surface area contributed by atoms with Gasteiger partial charge < -0.3 is 19.4 Å². The first-order valence-corrected chi connectivity index (χ1v) is 22.6. The van der Waals surface area contributed by atoms with E-state index in [9.17, 15) is 14.3 Å². The molecule has 0 bridgehead atoms. The van der Waals surface area contributed by atoms with Gasteiger partial charge in [-0.15, -0.1) is 0 Å². The van der Waals surface area contributed by atoms with Gasteiger partial charge >= 0.3 is 7.82 Å². The fourth-order valence-electron chi connectivity index (χ4n) is 5.50. The Morgan fingerprint density at radius 3 is 1.58 bits per heavy atom. The first kappa shape index (κ1) is 47.8. The second-order valence-corrected chi connectivity index (χ2v) is 17.4. The van der Waals surface area contributed by atoms with Crippen molar-refractivity contribution in [2.75, 3.05) is 59.1 Å². The van der Waals surface area contributed by atoms with E-state index >= 15 is 0 Å². The summed E-state index contributed by atoms with van der Waals surface area (Å²) in [7, 11) is 1.81.